The van der Waals surface area contributed by atoms with Crippen LogP contribution in [-0.2, 0) is 19.1 Å². The summed E-state index contributed by atoms with van der Waals surface area (Å²) in [6, 6.07) is 16.2. The highest BCUT2D eigenvalue weighted by atomic mass is 16.5. The van der Waals surface area contributed by atoms with Crippen molar-refractivity contribution in [2.45, 2.75) is 45.1 Å². The molecule has 0 radical (unpaired) electrons. The molecule has 0 fully saturated rings. The van der Waals surface area contributed by atoms with Crippen molar-refractivity contribution in [1.82, 2.24) is 10.6 Å². The van der Waals surface area contributed by atoms with Crippen molar-refractivity contribution >= 4 is 18.0 Å². The third kappa shape index (κ3) is 7.55. The average molecular weight is 483 g/mol. The number of rotatable bonds is 13. The minimum Gasteiger partial charge on any atom is -0.481 e. The van der Waals surface area contributed by atoms with E-state index < -0.39 is 12.1 Å². The number of hydrogen-bond acceptors (Lipinski definition) is 5. The van der Waals surface area contributed by atoms with Crippen molar-refractivity contribution in [3.8, 4) is 11.1 Å². The lowest BCUT2D eigenvalue weighted by Gasteiger charge is -2.15. The molecule has 2 amide bonds. The summed E-state index contributed by atoms with van der Waals surface area (Å²) in [4.78, 5) is 34.9. The summed E-state index contributed by atoms with van der Waals surface area (Å²) in [7, 11) is 0. The number of carbonyl (C=O) groups is 3. The van der Waals surface area contributed by atoms with Crippen LogP contribution in [0.4, 0.5) is 4.79 Å². The minimum absolute atomic E-state index is 0.00225. The van der Waals surface area contributed by atoms with E-state index in [1.54, 1.807) is 6.92 Å². The highest BCUT2D eigenvalue weighted by Gasteiger charge is 2.28. The van der Waals surface area contributed by atoms with Gasteiger partial charge in [-0.2, -0.15) is 0 Å². The van der Waals surface area contributed by atoms with Gasteiger partial charge in [-0.05, 0) is 42.0 Å². The Kier molecular flexibility index (Phi) is 9.66. The van der Waals surface area contributed by atoms with E-state index in [4.69, 9.17) is 14.6 Å². The lowest BCUT2D eigenvalue weighted by atomic mass is 9.98. The number of hydrogen-bond donors (Lipinski definition) is 3. The van der Waals surface area contributed by atoms with Crippen molar-refractivity contribution in [1.29, 1.82) is 0 Å². The molecule has 3 N–H and O–H groups in total. The van der Waals surface area contributed by atoms with Crippen LogP contribution in [0.2, 0.25) is 0 Å². The van der Waals surface area contributed by atoms with Gasteiger partial charge < -0.3 is 25.2 Å². The summed E-state index contributed by atoms with van der Waals surface area (Å²) in [5, 5.41) is 14.4. The number of benzene rings is 2. The lowest BCUT2D eigenvalue weighted by molar-refractivity contribution is -0.141. The molecule has 2 aromatic rings. The predicted octanol–water partition coefficient (Wildman–Crippen LogP) is 3.94. The number of amides is 2. The van der Waals surface area contributed by atoms with Crippen molar-refractivity contribution in [3.05, 3.63) is 59.7 Å². The molecule has 8 heteroatoms. The van der Waals surface area contributed by atoms with Gasteiger partial charge in [0.05, 0.1) is 12.5 Å². The number of nitrogens with one attached hydrogen (secondary N) is 2. The molecule has 3 rings (SSSR count). The summed E-state index contributed by atoms with van der Waals surface area (Å²) in [5.74, 6) is -1.43. The quantitative estimate of drug-likeness (QED) is 0.373. The first kappa shape index (κ1) is 26.2. The van der Waals surface area contributed by atoms with Crippen molar-refractivity contribution < 1.29 is 29.0 Å². The fourth-order valence-corrected chi connectivity index (χ4v) is 4.28. The summed E-state index contributed by atoms with van der Waals surface area (Å²) >= 11 is 0. The number of carboxylic acid groups (broad SMARTS) is 1. The van der Waals surface area contributed by atoms with Crippen LogP contribution in [-0.4, -0.2) is 55.5 Å². The van der Waals surface area contributed by atoms with Crippen LogP contribution in [0.15, 0.2) is 48.5 Å². The van der Waals surface area contributed by atoms with E-state index in [1.807, 2.05) is 31.2 Å². The van der Waals surface area contributed by atoms with Gasteiger partial charge in [0.2, 0.25) is 5.91 Å². The Morgan fingerprint density at radius 1 is 0.971 bits per heavy atom. The molecule has 1 aliphatic carbocycles. The zero-order chi connectivity index (χ0) is 25.2. The van der Waals surface area contributed by atoms with Gasteiger partial charge in [-0.3, -0.25) is 9.59 Å². The highest BCUT2D eigenvalue weighted by molar-refractivity contribution is 5.79. The van der Waals surface area contributed by atoms with E-state index in [0.717, 1.165) is 17.5 Å². The van der Waals surface area contributed by atoms with Gasteiger partial charge in [0, 0.05) is 18.5 Å². The Morgan fingerprint density at radius 3 is 2.23 bits per heavy atom. The van der Waals surface area contributed by atoms with E-state index in [0.29, 0.717) is 12.8 Å². The van der Waals surface area contributed by atoms with E-state index in [1.165, 1.54) is 11.1 Å². The van der Waals surface area contributed by atoms with Crippen molar-refractivity contribution in [2.24, 2.45) is 5.92 Å². The molecule has 0 saturated heterocycles. The Morgan fingerprint density at radius 2 is 1.60 bits per heavy atom. The average Bonchev–Trinajstić information content (AvgIpc) is 3.16. The second-order valence-corrected chi connectivity index (χ2v) is 8.94. The topological polar surface area (TPSA) is 114 Å². The molecule has 8 nitrogen and oxygen atoms in total. The molecule has 0 heterocycles. The molecule has 2 atom stereocenters. The maximum atomic E-state index is 12.2. The minimum atomic E-state index is -0.804. The van der Waals surface area contributed by atoms with Gasteiger partial charge in [-0.15, -0.1) is 0 Å². The van der Waals surface area contributed by atoms with Gasteiger partial charge in [0.15, 0.2) is 0 Å². The van der Waals surface area contributed by atoms with E-state index in [2.05, 4.69) is 34.9 Å². The molecule has 188 valence electrons. The molecule has 0 bridgehead atoms. The fraction of sp³-hybridized carbons (Fsp3) is 0.444. The largest absolute Gasteiger partial charge is 0.481 e. The Balaban J connectivity index is 1.29. The first-order chi connectivity index (χ1) is 16.9. The van der Waals surface area contributed by atoms with Crippen molar-refractivity contribution in [3.63, 3.8) is 0 Å². The van der Waals surface area contributed by atoms with E-state index >= 15 is 0 Å². The zero-order valence-corrected chi connectivity index (χ0v) is 20.3. The number of alkyl carbamates (subject to hydrolysis) is 1. The smallest absolute Gasteiger partial charge is 0.407 e. The Labute approximate surface area is 206 Å². The molecule has 0 aliphatic heterocycles. The number of carboxylic acids is 1. The van der Waals surface area contributed by atoms with Gasteiger partial charge in [0.25, 0.3) is 0 Å². The van der Waals surface area contributed by atoms with Crippen LogP contribution in [0.5, 0.6) is 0 Å². The molecule has 2 unspecified atom stereocenters. The molecule has 1 aliphatic rings. The van der Waals surface area contributed by atoms with Crippen LogP contribution in [0.1, 0.15) is 50.2 Å². The van der Waals surface area contributed by atoms with E-state index in [9.17, 15) is 14.4 Å². The van der Waals surface area contributed by atoms with Crippen LogP contribution < -0.4 is 10.6 Å². The van der Waals surface area contributed by atoms with Gasteiger partial charge in [-0.25, -0.2) is 4.79 Å². The molecular formula is C27H34N2O6. The Hall–Kier alpha value is -3.39. The molecule has 2 aromatic carbocycles. The molecule has 35 heavy (non-hydrogen) atoms. The van der Waals surface area contributed by atoms with Gasteiger partial charge in [0.1, 0.15) is 13.2 Å². The monoisotopic (exact) mass is 482 g/mol. The number of ether oxygens (including phenoxy) is 2. The predicted molar refractivity (Wildman–Crippen MR) is 132 cm³/mol. The first-order valence-corrected chi connectivity index (χ1v) is 12.1. The maximum absolute atomic E-state index is 12.2. The summed E-state index contributed by atoms with van der Waals surface area (Å²) < 4.78 is 10.8. The normalized spacial score (nSPS) is 13.9. The third-order valence-electron chi connectivity index (χ3n) is 6.20. The second kappa shape index (κ2) is 12.9. The van der Waals surface area contributed by atoms with Gasteiger partial charge >= 0.3 is 12.1 Å². The Bertz CT molecular complexity index is 979. The second-order valence-electron chi connectivity index (χ2n) is 8.94. The van der Waals surface area contributed by atoms with Crippen LogP contribution in [0, 0.1) is 5.92 Å². The SMILES string of the molecule is CC(CCCC(C)C(=O)O)NC(=O)COCCNC(=O)OCC1c2ccccc2-c2ccccc21. The van der Waals surface area contributed by atoms with E-state index in [-0.39, 0.29) is 50.2 Å². The van der Waals surface area contributed by atoms with Gasteiger partial charge in [-0.1, -0.05) is 61.9 Å². The molecule has 0 aromatic heterocycles. The van der Waals surface area contributed by atoms with Crippen LogP contribution >= 0.6 is 0 Å². The van der Waals surface area contributed by atoms with Crippen LogP contribution in [0.3, 0.4) is 0 Å². The molecule has 0 saturated carbocycles. The molecule has 0 spiro atoms. The number of carbonyl (C=O) groups excluding carboxylic acids is 2. The summed E-state index contributed by atoms with van der Waals surface area (Å²) in [6.45, 7) is 4.10. The third-order valence-corrected chi connectivity index (χ3v) is 6.20. The lowest BCUT2D eigenvalue weighted by Crippen LogP contribution is -2.36. The van der Waals surface area contributed by atoms with Crippen molar-refractivity contribution in [2.75, 3.05) is 26.4 Å². The maximum Gasteiger partial charge on any atom is 0.407 e. The summed E-state index contributed by atoms with van der Waals surface area (Å²) in [5.41, 5.74) is 4.66. The highest BCUT2D eigenvalue weighted by Crippen LogP contribution is 2.44. The molecular weight excluding hydrogens is 448 g/mol. The standard InChI is InChI=1S/C27H34N2O6/c1-18(26(31)32)8-7-9-19(2)29-25(30)17-34-15-14-28-27(33)35-16-24-22-12-5-3-10-20(22)21-11-4-6-13-23(21)24/h3-6,10-13,18-19,24H,7-9,14-17H2,1-2H3,(H,28,33)(H,29,30)(H,31,32). The number of fused-ring (bicyclic) bond motifs is 3. The summed E-state index contributed by atoms with van der Waals surface area (Å²) in [6.07, 6.45) is 1.48. The first-order valence-electron chi connectivity index (χ1n) is 12.1. The van der Waals surface area contributed by atoms with Crippen LogP contribution in [0.25, 0.3) is 11.1 Å². The zero-order valence-electron chi connectivity index (χ0n) is 20.3. The number of aliphatic carboxylic acids is 1. The fourth-order valence-electron chi connectivity index (χ4n) is 4.28.